The molecule has 0 spiro atoms. The molecule has 0 amide bonds. The molecule has 1 unspecified atom stereocenters. The highest BCUT2D eigenvalue weighted by Gasteiger charge is 2.18. The summed E-state index contributed by atoms with van der Waals surface area (Å²) in [7, 11) is 0. The molecule has 4 heteroatoms. The zero-order valence-electron chi connectivity index (χ0n) is 10.7. The number of hydrogen-bond donors (Lipinski definition) is 1. The molecule has 1 nitrogen and oxygen atoms in total. The quantitative estimate of drug-likeness (QED) is 0.836. The Labute approximate surface area is 121 Å². The van der Waals surface area contributed by atoms with Crippen LogP contribution in [-0.2, 0) is 0 Å². The van der Waals surface area contributed by atoms with Crippen molar-refractivity contribution in [1.29, 1.82) is 0 Å². The average molecular weight is 297 g/mol. The molecule has 0 aromatic heterocycles. The zero-order valence-corrected chi connectivity index (χ0v) is 12.2. The van der Waals surface area contributed by atoms with Crippen LogP contribution in [0.3, 0.4) is 0 Å². The molecule has 100 valence electrons. The van der Waals surface area contributed by atoms with Crippen molar-refractivity contribution in [2.24, 2.45) is 0 Å². The number of aliphatic hydroxyl groups is 1. The monoisotopic (exact) mass is 296 g/mol. The van der Waals surface area contributed by atoms with E-state index in [0.717, 1.165) is 10.5 Å². The molecule has 0 radical (unpaired) electrons. The van der Waals surface area contributed by atoms with E-state index in [9.17, 15) is 9.50 Å². The average Bonchev–Trinajstić information content (AvgIpc) is 2.42. The summed E-state index contributed by atoms with van der Waals surface area (Å²) in [4.78, 5) is 0.980. The van der Waals surface area contributed by atoms with Crippen molar-refractivity contribution in [3.05, 3.63) is 63.9 Å². The molecular weight excluding hydrogens is 283 g/mol. The third-order valence-corrected chi connectivity index (χ3v) is 4.14. The number of halogens is 2. The molecule has 0 aliphatic heterocycles. The van der Waals surface area contributed by atoms with Crippen molar-refractivity contribution >= 4 is 23.4 Å². The first-order valence-corrected chi connectivity index (χ1v) is 7.41. The van der Waals surface area contributed by atoms with Crippen LogP contribution >= 0.6 is 23.4 Å². The fourth-order valence-corrected chi connectivity index (χ4v) is 2.83. The lowest BCUT2D eigenvalue weighted by molar-refractivity contribution is 0.217. The molecule has 1 atom stereocenters. The van der Waals surface area contributed by atoms with Crippen molar-refractivity contribution in [3.63, 3.8) is 0 Å². The maximum atomic E-state index is 13.4. The van der Waals surface area contributed by atoms with Gasteiger partial charge in [0.1, 0.15) is 11.9 Å². The largest absolute Gasteiger partial charge is 0.384 e. The third-order valence-electron chi connectivity index (χ3n) is 3.01. The van der Waals surface area contributed by atoms with Gasteiger partial charge in [-0.1, -0.05) is 29.8 Å². The van der Waals surface area contributed by atoms with Crippen LogP contribution in [0.15, 0.2) is 41.3 Å². The molecule has 2 aromatic carbocycles. The fourth-order valence-electron chi connectivity index (χ4n) is 1.95. The standard InChI is InChI=1S/C15H14ClFOS/c1-9-7-11(12(16)8-13(9)17)15(18)10-5-3-4-6-14(10)19-2/h3-8,15,18H,1-2H3. The van der Waals surface area contributed by atoms with E-state index in [1.54, 1.807) is 24.8 Å². The maximum Gasteiger partial charge on any atom is 0.127 e. The van der Waals surface area contributed by atoms with Crippen LogP contribution in [0, 0.1) is 12.7 Å². The lowest BCUT2D eigenvalue weighted by Crippen LogP contribution is -2.03. The van der Waals surface area contributed by atoms with Gasteiger partial charge in [-0.3, -0.25) is 0 Å². The Kier molecular flexibility index (Phi) is 4.50. The number of benzene rings is 2. The van der Waals surface area contributed by atoms with Gasteiger partial charge in [-0.2, -0.15) is 0 Å². The molecule has 2 rings (SSSR count). The van der Waals surface area contributed by atoms with Gasteiger partial charge in [-0.15, -0.1) is 11.8 Å². The van der Waals surface area contributed by atoms with E-state index < -0.39 is 6.10 Å². The highest BCUT2D eigenvalue weighted by molar-refractivity contribution is 7.98. The Balaban J connectivity index is 2.50. The first-order chi connectivity index (χ1) is 9.04. The van der Waals surface area contributed by atoms with Crippen LogP contribution in [0.2, 0.25) is 5.02 Å². The highest BCUT2D eigenvalue weighted by Crippen LogP contribution is 2.34. The van der Waals surface area contributed by atoms with Gasteiger partial charge in [0.2, 0.25) is 0 Å². The van der Waals surface area contributed by atoms with Crippen molar-refractivity contribution in [1.82, 2.24) is 0 Å². The van der Waals surface area contributed by atoms with Crippen LogP contribution in [0.4, 0.5) is 4.39 Å². The van der Waals surface area contributed by atoms with Gasteiger partial charge in [0.05, 0.1) is 0 Å². The minimum absolute atomic E-state index is 0.242. The van der Waals surface area contributed by atoms with Gasteiger partial charge in [0.15, 0.2) is 0 Å². The van der Waals surface area contributed by atoms with E-state index in [0.29, 0.717) is 11.1 Å². The zero-order chi connectivity index (χ0) is 14.0. The number of thioether (sulfide) groups is 1. The molecule has 0 saturated heterocycles. The first-order valence-electron chi connectivity index (χ1n) is 5.81. The Hall–Kier alpha value is -1.03. The Bertz CT molecular complexity index is 601. The van der Waals surface area contributed by atoms with Gasteiger partial charge in [0, 0.05) is 15.5 Å². The summed E-state index contributed by atoms with van der Waals surface area (Å²) in [6.45, 7) is 1.66. The number of aryl methyl sites for hydroxylation is 1. The highest BCUT2D eigenvalue weighted by atomic mass is 35.5. The molecule has 0 saturated carbocycles. The van der Waals surface area contributed by atoms with Crippen LogP contribution < -0.4 is 0 Å². The Morgan fingerprint density at radius 3 is 2.58 bits per heavy atom. The van der Waals surface area contributed by atoms with Gasteiger partial charge in [-0.25, -0.2) is 4.39 Å². The minimum atomic E-state index is -0.851. The first kappa shape index (κ1) is 14.4. The molecule has 1 N–H and O–H groups in total. The number of aliphatic hydroxyl groups excluding tert-OH is 1. The smallest absolute Gasteiger partial charge is 0.127 e. The summed E-state index contributed by atoms with van der Waals surface area (Å²) in [5.41, 5.74) is 1.78. The topological polar surface area (TPSA) is 20.2 Å². The van der Waals surface area contributed by atoms with Crippen molar-refractivity contribution < 1.29 is 9.50 Å². The van der Waals surface area contributed by atoms with Crippen LogP contribution in [-0.4, -0.2) is 11.4 Å². The molecule has 0 aliphatic rings. The van der Waals surface area contributed by atoms with Gasteiger partial charge in [-0.05, 0) is 42.5 Å². The van der Waals surface area contributed by atoms with Crippen molar-refractivity contribution in [2.45, 2.75) is 17.9 Å². The Morgan fingerprint density at radius 1 is 1.21 bits per heavy atom. The second-order valence-electron chi connectivity index (χ2n) is 4.27. The van der Waals surface area contributed by atoms with Crippen LogP contribution in [0.25, 0.3) is 0 Å². The SMILES string of the molecule is CSc1ccccc1C(O)c1cc(C)c(F)cc1Cl. The third kappa shape index (κ3) is 2.94. The number of rotatable bonds is 3. The normalized spacial score (nSPS) is 12.5. The van der Waals surface area contributed by atoms with Crippen LogP contribution in [0.5, 0.6) is 0 Å². The molecule has 0 heterocycles. The summed E-state index contributed by atoms with van der Waals surface area (Å²) >= 11 is 7.59. The molecule has 0 bridgehead atoms. The van der Waals surface area contributed by atoms with E-state index in [1.807, 2.05) is 30.5 Å². The van der Waals surface area contributed by atoms with E-state index in [4.69, 9.17) is 11.6 Å². The lowest BCUT2D eigenvalue weighted by atomic mass is 9.99. The van der Waals surface area contributed by atoms with Crippen molar-refractivity contribution in [2.75, 3.05) is 6.26 Å². The van der Waals surface area contributed by atoms with Gasteiger partial charge in [0.25, 0.3) is 0 Å². The molecule has 0 aliphatic carbocycles. The Morgan fingerprint density at radius 2 is 1.89 bits per heavy atom. The number of hydrogen-bond acceptors (Lipinski definition) is 2. The summed E-state index contributed by atoms with van der Waals surface area (Å²) in [6, 6.07) is 10.4. The lowest BCUT2D eigenvalue weighted by Gasteiger charge is -2.17. The molecule has 0 fully saturated rings. The van der Waals surface area contributed by atoms with E-state index in [1.165, 1.54) is 6.07 Å². The predicted octanol–water partition coefficient (Wildman–Crippen LogP) is 4.59. The molecule has 2 aromatic rings. The summed E-state index contributed by atoms with van der Waals surface area (Å²) in [6.07, 6.45) is 1.10. The molecule has 19 heavy (non-hydrogen) atoms. The summed E-state index contributed by atoms with van der Waals surface area (Å²) in [5, 5.41) is 10.7. The van der Waals surface area contributed by atoms with E-state index in [-0.39, 0.29) is 10.8 Å². The predicted molar refractivity (Wildman–Crippen MR) is 78.4 cm³/mol. The van der Waals surface area contributed by atoms with Gasteiger partial charge < -0.3 is 5.11 Å². The van der Waals surface area contributed by atoms with E-state index in [2.05, 4.69) is 0 Å². The maximum absolute atomic E-state index is 13.4. The fraction of sp³-hybridized carbons (Fsp3) is 0.200. The second kappa shape index (κ2) is 5.95. The van der Waals surface area contributed by atoms with Crippen LogP contribution in [0.1, 0.15) is 22.8 Å². The summed E-state index contributed by atoms with van der Waals surface area (Å²) < 4.78 is 13.4. The second-order valence-corrected chi connectivity index (χ2v) is 5.52. The molecular formula is C15H14ClFOS. The summed E-state index contributed by atoms with van der Waals surface area (Å²) in [5.74, 6) is -0.362. The van der Waals surface area contributed by atoms with E-state index >= 15 is 0 Å². The van der Waals surface area contributed by atoms with Crippen molar-refractivity contribution in [3.8, 4) is 0 Å². The minimum Gasteiger partial charge on any atom is -0.384 e. The van der Waals surface area contributed by atoms with Gasteiger partial charge >= 0.3 is 0 Å².